The molecule has 1 amide bonds. The van der Waals surface area contributed by atoms with Gasteiger partial charge in [0.15, 0.2) is 0 Å². The topological polar surface area (TPSA) is 90.0 Å². The molecule has 0 spiro atoms. The van der Waals surface area contributed by atoms with E-state index < -0.39 is 5.54 Å². The summed E-state index contributed by atoms with van der Waals surface area (Å²) in [4.78, 5) is 29.9. The minimum Gasteiger partial charge on any atom is -0.398 e. The van der Waals surface area contributed by atoms with Gasteiger partial charge >= 0.3 is 0 Å². The molecule has 1 aliphatic carbocycles. The molecule has 3 N–H and O–H groups in total. The molecule has 0 radical (unpaired) electrons. The average molecular weight is 296 g/mol. The molecule has 1 aromatic heterocycles. The van der Waals surface area contributed by atoms with Crippen LogP contribution in [0.4, 0.5) is 5.69 Å². The number of anilines is 1. The molecule has 3 aliphatic rings. The molecule has 5 rings (SSSR count). The van der Waals surface area contributed by atoms with Gasteiger partial charge in [0.1, 0.15) is 11.4 Å². The first-order chi connectivity index (χ1) is 10.4. The monoisotopic (exact) mass is 296 g/mol. The summed E-state index contributed by atoms with van der Waals surface area (Å²) in [6.45, 7) is 5.62. The number of hydrogen-bond donors (Lipinski definition) is 2. The Morgan fingerprint density at radius 3 is 2.82 bits per heavy atom. The Hall–Kier alpha value is -2.63. The number of amides is 1. The maximum atomic E-state index is 13.0. The fourth-order valence-corrected chi connectivity index (χ4v) is 3.71. The number of nitrogens with zero attached hydrogens (tertiary/aromatic N) is 2. The van der Waals surface area contributed by atoms with Gasteiger partial charge in [-0.1, -0.05) is 12.6 Å². The van der Waals surface area contributed by atoms with E-state index in [4.69, 9.17) is 5.73 Å². The van der Waals surface area contributed by atoms with Gasteiger partial charge in [-0.3, -0.25) is 14.2 Å². The maximum absolute atomic E-state index is 13.0. The van der Waals surface area contributed by atoms with Crippen LogP contribution in [0.15, 0.2) is 35.3 Å². The van der Waals surface area contributed by atoms with Crippen LogP contribution in [-0.2, 0) is 10.3 Å². The number of piperidine rings is 2. The zero-order chi connectivity index (χ0) is 15.6. The summed E-state index contributed by atoms with van der Waals surface area (Å²) < 4.78 is 1.52. The Bertz CT molecular complexity index is 906. The molecule has 6 heteroatoms. The van der Waals surface area contributed by atoms with Gasteiger partial charge in [0.05, 0.1) is 10.9 Å². The number of allylic oxidation sites excluding steroid dienone is 1. The summed E-state index contributed by atoms with van der Waals surface area (Å²) in [5.41, 5.74) is 6.54. The number of aryl methyl sites for hydroxylation is 1. The van der Waals surface area contributed by atoms with Gasteiger partial charge in [-0.25, -0.2) is 4.98 Å². The fraction of sp³-hybridized carbons (Fsp3) is 0.312. The van der Waals surface area contributed by atoms with Gasteiger partial charge < -0.3 is 11.1 Å². The molecule has 2 aliphatic heterocycles. The molecular formula is C16H16N4O2. The highest BCUT2D eigenvalue weighted by Crippen LogP contribution is 2.50. The molecule has 3 heterocycles. The van der Waals surface area contributed by atoms with Crippen LogP contribution in [-0.4, -0.2) is 15.5 Å². The zero-order valence-corrected chi connectivity index (χ0v) is 12.2. The molecule has 2 bridgehead atoms. The molecule has 2 saturated heterocycles. The fourth-order valence-electron chi connectivity index (χ4n) is 3.71. The van der Waals surface area contributed by atoms with Crippen LogP contribution in [0.5, 0.6) is 0 Å². The first-order valence-electron chi connectivity index (χ1n) is 7.22. The maximum Gasteiger partial charge on any atom is 0.264 e. The van der Waals surface area contributed by atoms with E-state index in [-0.39, 0.29) is 17.4 Å². The van der Waals surface area contributed by atoms with Gasteiger partial charge in [-0.2, -0.15) is 0 Å². The van der Waals surface area contributed by atoms with Crippen LogP contribution in [0.3, 0.4) is 0 Å². The summed E-state index contributed by atoms with van der Waals surface area (Å²) in [5.74, 6) is 0.581. The van der Waals surface area contributed by atoms with Gasteiger partial charge in [0.25, 0.3) is 11.5 Å². The average Bonchev–Trinajstić information content (AvgIpc) is 2.38. The molecule has 2 aromatic rings. The highest BCUT2D eigenvalue weighted by atomic mass is 16.2. The molecule has 0 atom stereocenters. The summed E-state index contributed by atoms with van der Waals surface area (Å²) in [6, 6.07) is 5.20. The van der Waals surface area contributed by atoms with Gasteiger partial charge in [0, 0.05) is 17.3 Å². The van der Waals surface area contributed by atoms with Crippen molar-refractivity contribution in [3.05, 3.63) is 46.7 Å². The number of nitrogen functional groups attached to an aromatic ring is 1. The van der Waals surface area contributed by atoms with Crippen molar-refractivity contribution in [3.8, 4) is 0 Å². The third-order valence-electron chi connectivity index (χ3n) is 4.88. The number of benzene rings is 1. The predicted octanol–water partition coefficient (Wildman–Crippen LogP) is 1.04. The number of nitrogens with two attached hydrogens (primary N) is 1. The largest absolute Gasteiger partial charge is 0.398 e. The molecule has 112 valence electrons. The Kier molecular flexibility index (Phi) is 2.36. The molecule has 22 heavy (non-hydrogen) atoms. The van der Waals surface area contributed by atoms with Crippen LogP contribution < -0.4 is 16.6 Å². The molecule has 0 unspecified atom stereocenters. The van der Waals surface area contributed by atoms with Crippen molar-refractivity contribution in [2.45, 2.75) is 25.3 Å². The Morgan fingerprint density at radius 1 is 1.41 bits per heavy atom. The second-order valence-corrected chi connectivity index (χ2v) is 6.16. The minimum absolute atomic E-state index is 0.180. The van der Waals surface area contributed by atoms with Crippen molar-refractivity contribution < 1.29 is 4.79 Å². The predicted molar refractivity (Wildman–Crippen MR) is 83.1 cm³/mol. The van der Waals surface area contributed by atoms with E-state index in [0.29, 0.717) is 35.3 Å². The number of aromatic nitrogens is 2. The number of carbonyl (C=O) groups is 1. The summed E-state index contributed by atoms with van der Waals surface area (Å²) in [7, 11) is 0. The van der Waals surface area contributed by atoms with Crippen LogP contribution >= 0.6 is 0 Å². The Morgan fingerprint density at radius 2 is 2.14 bits per heavy atom. The van der Waals surface area contributed by atoms with E-state index in [0.717, 1.165) is 5.70 Å². The van der Waals surface area contributed by atoms with E-state index in [2.05, 4.69) is 16.9 Å². The van der Waals surface area contributed by atoms with Crippen molar-refractivity contribution in [2.24, 2.45) is 5.92 Å². The lowest BCUT2D eigenvalue weighted by molar-refractivity contribution is -0.141. The number of rotatable bonds is 1. The van der Waals surface area contributed by atoms with Crippen LogP contribution in [0.2, 0.25) is 0 Å². The second kappa shape index (κ2) is 3.97. The lowest BCUT2D eigenvalue weighted by Crippen LogP contribution is -2.65. The van der Waals surface area contributed by atoms with E-state index in [9.17, 15) is 9.59 Å². The van der Waals surface area contributed by atoms with Crippen molar-refractivity contribution in [2.75, 3.05) is 5.73 Å². The van der Waals surface area contributed by atoms with E-state index in [1.54, 1.807) is 25.1 Å². The summed E-state index contributed by atoms with van der Waals surface area (Å²) >= 11 is 0. The van der Waals surface area contributed by atoms with Crippen molar-refractivity contribution in [1.29, 1.82) is 0 Å². The third kappa shape index (κ3) is 1.41. The highest BCUT2D eigenvalue weighted by molar-refractivity contribution is 5.92. The summed E-state index contributed by atoms with van der Waals surface area (Å²) in [5, 5.41) is 3.16. The van der Waals surface area contributed by atoms with Gasteiger partial charge in [-0.05, 0) is 31.9 Å². The smallest absolute Gasteiger partial charge is 0.264 e. The standard InChI is InChI=1S/C16H16N4O2/c1-8-10-6-16(7-10,15(22)18-8)20-9(2)19-12-5-3-4-11(17)13(12)14(20)21/h3-5,10H,1,6-7,17H2,2H3,(H,18,22). The number of nitrogens with one attached hydrogen (secondary N) is 1. The SMILES string of the molecule is C=C1NC(=O)C2(n3c(C)nc4cccc(N)c4c3=O)CC1C2. The first-order valence-corrected chi connectivity index (χ1v) is 7.22. The number of fused-ring (bicyclic) bond motifs is 3. The first kappa shape index (κ1) is 13.1. The van der Waals surface area contributed by atoms with Crippen molar-refractivity contribution in [1.82, 2.24) is 14.9 Å². The molecule has 3 fully saturated rings. The van der Waals surface area contributed by atoms with E-state index >= 15 is 0 Å². The Labute approximate surface area is 126 Å². The lowest BCUT2D eigenvalue weighted by Gasteiger charge is -2.52. The summed E-state index contributed by atoms with van der Waals surface area (Å²) in [6.07, 6.45) is 1.19. The third-order valence-corrected chi connectivity index (χ3v) is 4.88. The minimum atomic E-state index is -0.851. The van der Waals surface area contributed by atoms with Crippen molar-refractivity contribution >= 4 is 22.5 Å². The quantitative estimate of drug-likeness (QED) is 0.769. The van der Waals surface area contributed by atoms with Crippen LogP contribution in [0.1, 0.15) is 18.7 Å². The lowest BCUT2D eigenvalue weighted by atomic mass is 9.63. The van der Waals surface area contributed by atoms with E-state index in [1.807, 2.05) is 0 Å². The molecule has 1 saturated carbocycles. The van der Waals surface area contributed by atoms with Gasteiger partial charge in [-0.15, -0.1) is 0 Å². The molecule has 1 aromatic carbocycles. The number of hydrogen-bond acceptors (Lipinski definition) is 4. The molecule has 6 nitrogen and oxygen atoms in total. The highest BCUT2D eigenvalue weighted by Gasteiger charge is 2.57. The van der Waals surface area contributed by atoms with E-state index in [1.165, 1.54) is 4.57 Å². The normalized spacial score (nSPS) is 26.7. The van der Waals surface area contributed by atoms with Crippen LogP contribution in [0, 0.1) is 12.8 Å². The molecular weight excluding hydrogens is 280 g/mol. The van der Waals surface area contributed by atoms with Crippen molar-refractivity contribution in [3.63, 3.8) is 0 Å². The second-order valence-electron chi connectivity index (χ2n) is 6.16. The van der Waals surface area contributed by atoms with Crippen LogP contribution in [0.25, 0.3) is 10.9 Å². The van der Waals surface area contributed by atoms with Gasteiger partial charge in [0.2, 0.25) is 0 Å². The number of carbonyl (C=O) groups excluding carboxylic acids is 1. The Balaban J connectivity index is 2.01. The zero-order valence-electron chi connectivity index (χ0n) is 12.2.